The Bertz CT molecular complexity index is 3710. The Morgan fingerprint density at radius 1 is 0.350 bits per heavy atom. The zero-order valence-corrected chi connectivity index (χ0v) is 32.2. The van der Waals surface area contributed by atoms with E-state index >= 15 is 0 Å². The van der Waals surface area contributed by atoms with Gasteiger partial charge < -0.3 is 23.1 Å². The fourth-order valence-corrected chi connectivity index (χ4v) is 10.4. The Morgan fingerprint density at radius 3 is 1.50 bits per heavy atom. The van der Waals surface area contributed by atoms with Crippen molar-refractivity contribution >= 4 is 83.3 Å². The zero-order valence-electron chi connectivity index (χ0n) is 32.2. The topological polar surface area (TPSA) is 33.2 Å². The van der Waals surface area contributed by atoms with Crippen molar-refractivity contribution in [3.63, 3.8) is 0 Å². The molecule has 0 aliphatic carbocycles. The fraction of sp³-hybridized carbons (Fsp3) is 0. The lowest BCUT2D eigenvalue weighted by Crippen LogP contribution is -2.53. The Kier molecular flexibility index (Phi) is 6.31. The lowest BCUT2D eigenvalue weighted by molar-refractivity contribution is 0.477. The summed E-state index contributed by atoms with van der Waals surface area (Å²) in [4.78, 5) is 0. The summed E-state index contributed by atoms with van der Waals surface area (Å²) in [7, 11) is 0. The second-order valence-electron chi connectivity index (χ2n) is 16.0. The third-order valence-electron chi connectivity index (χ3n) is 12.9. The molecule has 0 unspecified atom stereocenters. The van der Waals surface area contributed by atoms with Gasteiger partial charge in [-0.05, 0) is 72.3 Å². The minimum absolute atomic E-state index is 0.345. The molecule has 0 atom stereocenters. The third kappa shape index (κ3) is 4.21. The quantitative estimate of drug-likeness (QED) is 0.168. The molecule has 12 aromatic rings. The number of nitrogens with zero attached hydrogens (tertiary/aromatic N) is 3. The molecule has 14 rings (SSSR count). The van der Waals surface area contributed by atoms with Crippen molar-refractivity contribution in [1.29, 1.82) is 0 Å². The largest absolute Gasteiger partial charge is 0.551 e. The molecule has 0 fully saturated rings. The van der Waals surface area contributed by atoms with E-state index in [1.165, 1.54) is 43.4 Å². The molecule has 3 aromatic heterocycles. The van der Waals surface area contributed by atoms with Crippen LogP contribution in [0.2, 0.25) is 0 Å². The molecule has 60 heavy (non-hydrogen) atoms. The van der Waals surface area contributed by atoms with Crippen LogP contribution in [0.1, 0.15) is 0 Å². The van der Waals surface area contributed by atoms with E-state index in [1.54, 1.807) is 0 Å². The summed E-state index contributed by atoms with van der Waals surface area (Å²) in [6, 6.07) is 69.8. The number of para-hydroxylation sites is 7. The highest BCUT2D eigenvalue weighted by molar-refractivity contribution is 6.84. The Hall–Kier alpha value is -7.96. The fourth-order valence-electron chi connectivity index (χ4n) is 10.4. The number of hydrogen-bond acceptors (Lipinski definition) is 2. The normalized spacial score (nSPS) is 12.9. The Morgan fingerprint density at radius 2 is 0.867 bits per heavy atom. The molecule has 0 spiro atoms. The van der Waals surface area contributed by atoms with Gasteiger partial charge in [-0.3, -0.25) is 0 Å². The molecule has 6 heteroatoms. The van der Waals surface area contributed by atoms with E-state index in [0.717, 1.165) is 78.4 Å². The summed E-state index contributed by atoms with van der Waals surface area (Å²) in [5.74, 6) is 2.48. The predicted molar refractivity (Wildman–Crippen MR) is 247 cm³/mol. The van der Waals surface area contributed by atoms with Crippen LogP contribution >= 0.6 is 0 Å². The lowest BCUT2D eigenvalue weighted by atomic mass is 9.50. The maximum atomic E-state index is 7.29. The highest BCUT2D eigenvalue weighted by Crippen LogP contribution is 2.45. The van der Waals surface area contributed by atoms with Crippen molar-refractivity contribution in [2.24, 2.45) is 0 Å². The number of rotatable bonds is 3. The smallest absolute Gasteiger partial charge is 0.434 e. The van der Waals surface area contributed by atoms with Crippen LogP contribution in [0.5, 0.6) is 17.2 Å². The third-order valence-corrected chi connectivity index (χ3v) is 12.9. The molecule has 5 nitrogen and oxygen atoms in total. The summed E-state index contributed by atoms with van der Waals surface area (Å²) in [6.45, 7) is -0.345. The van der Waals surface area contributed by atoms with Gasteiger partial charge in [-0.2, -0.15) is 0 Å². The van der Waals surface area contributed by atoms with Crippen molar-refractivity contribution in [2.45, 2.75) is 0 Å². The summed E-state index contributed by atoms with van der Waals surface area (Å²) in [6.07, 6.45) is 0. The Labute approximate surface area is 344 Å². The minimum atomic E-state index is -0.345. The van der Waals surface area contributed by atoms with E-state index in [2.05, 4.69) is 208 Å². The number of aromatic nitrogens is 3. The molecule has 0 radical (unpaired) electrons. The highest BCUT2D eigenvalue weighted by Gasteiger charge is 2.42. The van der Waals surface area contributed by atoms with Gasteiger partial charge in [-0.1, -0.05) is 121 Å². The van der Waals surface area contributed by atoms with Crippen LogP contribution in [0.15, 0.2) is 194 Å². The molecular weight excluding hydrogens is 733 g/mol. The van der Waals surface area contributed by atoms with Gasteiger partial charge in [-0.25, -0.2) is 0 Å². The average molecular weight is 766 g/mol. The molecule has 0 saturated heterocycles. The van der Waals surface area contributed by atoms with Crippen LogP contribution in [0.4, 0.5) is 0 Å². The molecule has 0 amide bonds. The average Bonchev–Trinajstić information content (AvgIpc) is 3.94. The van der Waals surface area contributed by atoms with Crippen LogP contribution < -0.4 is 20.3 Å². The van der Waals surface area contributed by atoms with Gasteiger partial charge in [0.25, 0.3) is 0 Å². The number of benzene rings is 9. The van der Waals surface area contributed by atoms with E-state index < -0.39 is 0 Å². The number of ether oxygens (including phenoxy) is 1. The molecule has 0 N–H and O–H groups in total. The molecule has 0 saturated carbocycles. The van der Waals surface area contributed by atoms with Crippen LogP contribution in [0, 0.1) is 0 Å². The van der Waals surface area contributed by atoms with Crippen molar-refractivity contribution in [3.05, 3.63) is 194 Å². The monoisotopic (exact) mass is 765 g/mol. The van der Waals surface area contributed by atoms with Gasteiger partial charge in [0.05, 0.1) is 44.5 Å². The summed E-state index contributed by atoms with van der Waals surface area (Å²) in [5, 5.41) is 7.32. The first-order valence-corrected chi connectivity index (χ1v) is 20.5. The van der Waals surface area contributed by atoms with E-state index in [0.29, 0.717) is 0 Å². The Balaban J connectivity index is 1.01. The second kappa shape index (κ2) is 11.8. The van der Waals surface area contributed by atoms with Gasteiger partial charge in [0.2, 0.25) is 0 Å². The van der Waals surface area contributed by atoms with Crippen LogP contribution in [0.25, 0.3) is 93.6 Å². The van der Waals surface area contributed by atoms with Crippen LogP contribution in [-0.2, 0) is 0 Å². The van der Waals surface area contributed by atoms with E-state index in [4.69, 9.17) is 9.39 Å². The van der Waals surface area contributed by atoms with Gasteiger partial charge in [0.15, 0.2) is 0 Å². The van der Waals surface area contributed by atoms with Crippen molar-refractivity contribution in [1.82, 2.24) is 13.7 Å². The van der Waals surface area contributed by atoms with Crippen molar-refractivity contribution in [3.8, 4) is 45.4 Å². The predicted octanol–water partition coefficient (Wildman–Crippen LogP) is 12.2. The standard InChI is InChI=1S/C54H32BN3O2/c1-7-21-44-35(14-1)36-15-2-8-22-45(36)56(44)33-28-29-49-41(30-33)39-18-5-9-23-46(39)57(49)34-31-42-40-19-6-12-27-51(40)60-55-43-20-13-26-50(54(43)59-52(32-34)53(42)55)58-47-24-10-3-16-37(47)38-17-4-11-25-48(38)58/h1-32H. The number of fused-ring (bicyclic) bond motifs is 13. The minimum Gasteiger partial charge on any atom is -0.551 e. The first kappa shape index (κ1) is 32.1. The van der Waals surface area contributed by atoms with Crippen LogP contribution in [-0.4, -0.2) is 20.6 Å². The molecular formula is C54H32BN3O2. The van der Waals surface area contributed by atoms with Crippen LogP contribution in [0.3, 0.4) is 0 Å². The van der Waals surface area contributed by atoms with Gasteiger partial charge >= 0.3 is 6.92 Å². The maximum Gasteiger partial charge on any atom is 0.434 e. The summed E-state index contributed by atoms with van der Waals surface area (Å²) >= 11 is 0. The van der Waals surface area contributed by atoms with E-state index in [-0.39, 0.29) is 6.92 Å². The van der Waals surface area contributed by atoms with E-state index in [1.807, 2.05) is 0 Å². The summed E-state index contributed by atoms with van der Waals surface area (Å²) in [5.41, 5.74) is 14.3. The van der Waals surface area contributed by atoms with Gasteiger partial charge in [0.1, 0.15) is 17.2 Å². The van der Waals surface area contributed by atoms with Crippen molar-refractivity contribution in [2.75, 3.05) is 0 Å². The van der Waals surface area contributed by atoms with E-state index in [9.17, 15) is 0 Å². The second-order valence-corrected chi connectivity index (χ2v) is 16.0. The lowest BCUT2D eigenvalue weighted by Gasteiger charge is -2.34. The first-order valence-electron chi connectivity index (χ1n) is 20.5. The molecule has 2 aliphatic rings. The molecule has 5 heterocycles. The first-order chi connectivity index (χ1) is 29.8. The van der Waals surface area contributed by atoms with Gasteiger partial charge in [-0.15, -0.1) is 0 Å². The summed E-state index contributed by atoms with van der Waals surface area (Å²) < 4.78 is 21.4. The highest BCUT2D eigenvalue weighted by atomic mass is 16.5. The molecule has 278 valence electrons. The van der Waals surface area contributed by atoms with Gasteiger partial charge in [0, 0.05) is 60.6 Å². The van der Waals surface area contributed by atoms with Crippen molar-refractivity contribution < 1.29 is 9.39 Å². The number of hydrogen-bond donors (Lipinski definition) is 0. The maximum absolute atomic E-state index is 7.29. The zero-order chi connectivity index (χ0) is 39.1. The molecule has 0 bridgehead atoms. The molecule has 9 aromatic carbocycles. The molecule has 2 aliphatic heterocycles. The SMILES string of the molecule is c1ccc2c(c1)OB1c3cccc(-n4c5ccccc5c5ccccc54)c3Oc3cc(-n4c5ccccc5c5cc(-n6c7ccccc7c7ccccc76)ccc54)cc-2c31.